The zero-order valence-corrected chi connectivity index (χ0v) is 8.22. The minimum Gasteiger partial charge on any atom is -0.371 e. The number of hydrogen-bond donors (Lipinski definition) is 0. The van der Waals surface area contributed by atoms with Gasteiger partial charge in [0.2, 0.25) is 0 Å². The van der Waals surface area contributed by atoms with Gasteiger partial charge in [0, 0.05) is 6.61 Å². The normalized spacial score (nSPS) is 14.0. The van der Waals surface area contributed by atoms with Gasteiger partial charge in [0.1, 0.15) is 12.4 Å². The Hall–Kier alpha value is -0.490. The van der Waals surface area contributed by atoms with Gasteiger partial charge in [0.05, 0.1) is 5.75 Å². The average Bonchev–Trinajstić information content (AvgIpc) is 2.01. The van der Waals surface area contributed by atoms with Gasteiger partial charge in [-0.15, -0.1) is 3.89 Å². The van der Waals surface area contributed by atoms with Crippen LogP contribution in [0.3, 0.4) is 0 Å². The molecule has 4 nitrogen and oxygen atoms in total. The number of halogens is 1. The molecule has 0 aliphatic carbocycles. The van der Waals surface area contributed by atoms with Crippen molar-refractivity contribution in [3.05, 3.63) is 0 Å². The fourth-order valence-electron chi connectivity index (χ4n) is 0.685. The van der Waals surface area contributed by atoms with Crippen molar-refractivity contribution in [2.75, 3.05) is 12.4 Å². The minimum atomic E-state index is -4.36. The maximum atomic E-state index is 11.9. The summed E-state index contributed by atoms with van der Waals surface area (Å²) in [5.74, 6) is -0.480. The van der Waals surface area contributed by atoms with Crippen molar-refractivity contribution in [1.82, 2.24) is 0 Å². The monoisotopic (exact) mass is 212 g/mol. The van der Waals surface area contributed by atoms with Gasteiger partial charge < -0.3 is 9.53 Å². The van der Waals surface area contributed by atoms with Crippen LogP contribution in [-0.4, -0.2) is 33.2 Å². The summed E-state index contributed by atoms with van der Waals surface area (Å²) >= 11 is 0. The van der Waals surface area contributed by atoms with Crippen LogP contribution in [0.1, 0.15) is 19.8 Å². The Morgan fingerprint density at radius 1 is 1.46 bits per heavy atom. The molecule has 6 heteroatoms. The Bertz CT molecular complexity index is 237. The van der Waals surface area contributed by atoms with Crippen molar-refractivity contribution in [3.63, 3.8) is 0 Å². The van der Waals surface area contributed by atoms with Crippen molar-refractivity contribution in [1.29, 1.82) is 0 Å². The van der Waals surface area contributed by atoms with Gasteiger partial charge in [-0.05, 0) is 19.8 Å². The molecule has 0 N–H and O–H groups in total. The Labute approximate surface area is 77.3 Å². The lowest BCUT2D eigenvalue weighted by molar-refractivity contribution is -0.117. The van der Waals surface area contributed by atoms with Crippen molar-refractivity contribution in [2.45, 2.75) is 25.9 Å². The van der Waals surface area contributed by atoms with Crippen LogP contribution >= 0.6 is 0 Å². The van der Waals surface area contributed by atoms with Crippen LogP contribution in [-0.2, 0) is 19.8 Å². The highest BCUT2D eigenvalue weighted by Crippen LogP contribution is 1.99. The SMILES string of the molecule is CC(C=O)OCCCCS(=O)(=O)F. The van der Waals surface area contributed by atoms with E-state index in [4.69, 9.17) is 4.74 Å². The first-order chi connectivity index (χ1) is 5.95. The number of aldehydes is 1. The maximum absolute atomic E-state index is 11.9. The highest BCUT2D eigenvalue weighted by atomic mass is 32.3. The second-order valence-corrected chi connectivity index (χ2v) is 4.15. The largest absolute Gasteiger partial charge is 0.371 e. The zero-order valence-electron chi connectivity index (χ0n) is 7.40. The molecular formula is C7H13FO4S. The number of unbranched alkanes of at least 4 members (excludes halogenated alkanes) is 1. The van der Waals surface area contributed by atoms with Crippen LogP contribution in [0.25, 0.3) is 0 Å². The quantitative estimate of drug-likeness (QED) is 0.353. The summed E-state index contributed by atoms with van der Waals surface area (Å²) in [6.07, 6.45) is 0.805. The lowest BCUT2D eigenvalue weighted by Gasteiger charge is -2.04. The van der Waals surface area contributed by atoms with Crippen LogP contribution in [0.2, 0.25) is 0 Å². The third-order valence-electron chi connectivity index (χ3n) is 1.35. The van der Waals surface area contributed by atoms with E-state index in [9.17, 15) is 17.1 Å². The molecule has 0 bridgehead atoms. The average molecular weight is 212 g/mol. The molecule has 0 aromatic heterocycles. The Kier molecular flexibility index (Phi) is 5.81. The van der Waals surface area contributed by atoms with Crippen LogP contribution in [0.5, 0.6) is 0 Å². The Morgan fingerprint density at radius 3 is 2.54 bits per heavy atom. The molecule has 0 saturated carbocycles. The van der Waals surface area contributed by atoms with Crippen LogP contribution < -0.4 is 0 Å². The highest BCUT2D eigenvalue weighted by Gasteiger charge is 2.06. The molecule has 0 rings (SSSR count). The molecule has 0 radical (unpaired) electrons. The second-order valence-electron chi connectivity index (χ2n) is 2.66. The summed E-state index contributed by atoms with van der Waals surface area (Å²) in [5.41, 5.74) is 0. The molecule has 0 saturated heterocycles. The first kappa shape index (κ1) is 12.5. The fourth-order valence-corrected chi connectivity index (χ4v) is 1.23. The molecule has 0 amide bonds. The van der Waals surface area contributed by atoms with Gasteiger partial charge in [-0.25, -0.2) is 0 Å². The van der Waals surface area contributed by atoms with Crippen LogP contribution in [0.15, 0.2) is 0 Å². The third-order valence-corrected chi connectivity index (χ3v) is 2.13. The maximum Gasteiger partial charge on any atom is 0.302 e. The van der Waals surface area contributed by atoms with E-state index in [1.165, 1.54) is 0 Å². The molecule has 0 aromatic carbocycles. The summed E-state index contributed by atoms with van der Waals surface area (Å²) in [5, 5.41) is 0. The number of rotatable bonds is 7. The van der Waals surface area contributed by atoms with Crippen molar-refractivity contribution in [2.24, 2.45) is 0 Å². The molecule has 0 aliphatic rings. The van der Waals surface area contributed by atoms with Gasteiger partial charge in [-0.2, -0.15) is 8.42 Å². The molecule has 13 heavy (non-hydrogen) atoms. The minimum absolute atomic E-state index is 0.213. The van der Waals surface area contributed by atoms with E-state index >= 15 is 0 Å². The van der Waals surface area contributed by atoms with E-state index in [2.05, 4.69) is 0 Å². The predicted octanol–water partition coefficient (Wildman–Crippen LogP) is 0.670. The summed E-state index contributed by atoms with van der Waals surface area (Å²) in [7, 11) is -4.36. The molecular weight excluding hydrogens is 199 g/mol. The van der Waals surface area contributed by atoms with E-state index in [-0.39, 0.29) is 13.0 Å². The van der Waals surface area contributed by atoms with Crippen molar-refractivity contribution in [3.8, 4) is 0 Å². The van der Waals surface area contributed by atoms with Crippen molar-refractivity contribution < 1.29 is 21.8 Å². The Balaban J connectivity index is 3.32. The first-order valence-electron chi connectivity index (χ1n) is 3.95. The van der Waals surface area contributed by atoms with Gasteiger partial charge in [0.25, 0.3) is 0 Å². The van der Waals surface area contributed by atoms with Crippen LogP contribution in [0, 0.1) is 0 Å². The van der Waals surface area contributed by atoms with Gasteiger partial charge in [-0.3, -0.25) is 0 Å². The lowest BCUT2D eigenvalue weighted by Crippen LogP contribution is -2.11. The summed E-state index contributed by atoms with van der Waals surface area (Å²) in [4.78, 5) is 10.0. The molecule has 0 spiro atoms. The zero-order chi connectivity index (χ0) is 10.3. The third kappa shape index (κ3) is 9.42. The summed E-state index contributed by atoms with van der Waals surface area (Å²) < 4.78 is 36.9. The van der Waals surface area contributed by atoms with Gasteiger partial charge in [0.15, 0.2) is 0 Å². The number of ether oxygens (including phenoxy) is 1. The lowest BCUT2D eigenvalue weighted by atomic mass is 10.3. The molecule has 0 aromatic rings. The van der Waals surface area contributed by atoms with Gasteiger partial charge >= 0.3 is 10.2 Å². The summed E-state index contributed by atoms with van der Waals surface area (Å²) in [6, 6.07) is 0. The first-order valence-corrected chi connectivity index (χ1v) is 5.50. The molecule has 0 fully saturated rings. The second kappa shape index (κ2) is 6.04. The summed E-state index contributed by atoms with van der Waals surface area (Å²) in [6.45, 7) is 1.86. The standard InChI is InChI=1S/C7H13FO4S/c1-7(6-9)12-4-2-3-5-13(8,10)11/h6-7H,2-5H2,1H3. The molecule has 1 atom stereocenters. The highest BCUT2D eigenvalue weighted by molar-refractivity contribution is 7.86. The van der Waals surface area contributed by atoms with E-state index in [1.807, 2.05) is 0 Å². The van der Waals surface area contributed by atoms with Crippen molar-refractivity contribution >= 4 is 16.5 Å². The topological polar surface area (TPSA) is 60.4 Å². The number of carbonyl (C=O) groups excluding carboxylic acids is 1. The Morgan fingerprint density at radius 2 is 2.08 bits per heavy atom. The molecule has 0 aliphatic heterocycles. The predicted molar refractivity (Wildman–Crippen MR) is 45.6 cm³/mol. The molecule has 78 valence electrons. The van der Waals surface area contributed by atoms with E-state index in [0.29, 0.717) is 12.7 Å². The van der Waals surface area contributed by atoms with Gasteiger partial charge in [-0.1, -0.05) is 0 Å². The molecule has 0 heterocycles. The van der Waals surface area contributed by atoms with E-state index in [0.717, 1.165) is 0 Å². The number of hydrogen-bond acceptors (Lipinski definition) is 4. The smallest absolute Gasteiger partial charge is 0.302 e. The van der Waals surface area contributed by atoms with Crippen LogP contribution in [0.4, 0.5) is 3.89 Å². The number of carbonyl (C=O) groups is 1. The molecule has 1 unspecified atom stereocenters. The van der Waals surface area contributed by atoms with E-state index < -0.39 is 22.1 Å². The van der Waals surface area contributed by atoms with E-state index in [1.54, 1.807) is 6.92 Å². The fraction of sp³-hybridized carbons (Fsp3) is 0.857.